The molecule has 5 saturated heterocycles. The molecule has 36 nitrogen and oxygen atoms in total. The average Bonchev–Trinajstić information content (AvgIpc) is 1.69. The lowest BCUT2D eigenvalue weighted by Crippen LogP contribution is -2.47. The molecular formula is C84H145N14O22P5S2. The van der Waals surface area contributed by atoms with Gasteiger partial charge in [0.05, 0.1) is 36.1 Å². The van der Waals surface area contributed by atoms with Crippen LogP contribution >= 0.6 is 58.9 Å². The van der Waals surface area contributed by atoms with Gasteiger partial charge in [0.25, 0.3) is 28.1 Å². The van der Waals surface area contributed by atoms with Crippen molar-refractivity contribution in [3.63, 3.8) is 0 Å². The first kappa shape index (κ1) is 111. The van der Waals surface area contributed by atoms with Gasteiger partial charge in [-0.2, -0.15) is 0 Å². The molecular weight excluding hydrogens is 1780 g/mol. The molecule has 6 aliphatic heterocycles. The van der Waals surface area contributed by atoms with Gasteiger partial charge in [-0.3, -0.25) is 62.2 Å². The van der Waals surface area contributed by atoms with Crippen LogP contribution < -0.4 is 60.2 Å². The molecule has 10 heterocycles. The molecule has 0 bridgehead atoms. The van der Waals surface area contributed by atoms with Crippen LogP contribution in [-0.2, 0) is 54.7 Å². The molecule has 4 aromatic heterocycles. The Balaban J connectivity index is 0.000000245. The van der Waals surface area contributed by atoms with Crippen LogP contribution in [0.5, 0.6) is 0 Å². The average molecular weight is 1920 g/mol. The Kier molecular flexibility index (Phi) is 43.2. The number of H-pyrrole nitrogens is 4. The number of ether oxygens (including phenoxy) is 5. The van der Waals surface area contributed by atoms with Crippen molar-refractivity contribution in [2.75, 3.05) is 124 Å². The minimum absolute atomic E-state index is 0.163. The number of nitrogens with zero attached hydrogens (tertiary/aromatic N) is 5. The first-order chi connectivity index (χ1) is 59.2. The highest BCUT2D eigenvalue weighted by Crippen LogP contribution is 2.44. The molecule has 0 radical (unpaired) electrons. The number of aliphatic hydroxyl groups is 10. The van der Waals surface area contributed by atoms with E-state index >= 15 is 0 Å². The third-order valence-electron chi connectivity index (χ3n) is 21.6. The van der Waals surface area contributed by atoms with Crippen LogP contribution in [0.1, 0.15) is 133 Å². The van der Waals surface area contributed by atoms with E-state index in [1.807, 2.05) is 27.7 Å². The second kappa shape index (κ2) is 49.7. The van der Waals surface area contributed by atoms with Gasteiger partial charge in [0.15, 0.2) is 40.7 Å². The Bertz CT molecular complexity index is 4600. The molecule has 5 fully saturated rings. The Labute approximate surface area is 755 Å². The minimum atomic E-state index is -1.29. The van der Waals surface area contributed by atoms with Gasteiger partial charge in [-0.15, -0.1) is 65.9 Å². The van der Waals surface area contributed by atoms with Gasteiger partial charge in [0, 0.05) is 79.4 Å². The van der Waals surface area contributed by atoms with Crippen molar-refractivity contribution in [3.8, 4) is 0 Å². The fourth-order valence-corrected chi connectivity index (χ4v) is 19.5. The van der Waals surface area contributed by atoms with Crippen molar-refractivity contribution >= 4 is 96.3 Å². The van der Waals surface area contributed by atoms with E-state index in [1.54, 1.807) is 12.4 Å². The zero-order valence-electron chi connectivity index (χ0n) is 76.2. The number of hydrogen-bond acceptors (Lipinski definition) is 29. The molecule has 0 spiro atoms. The summed E-state index contributed by atoms with van der Waals surface area (Å²) in [4.78, 5) is 95.5. The van der Waals surface area contributed by atoms with Crippen LogP contribution in [0.15, 0.2) is 90.4 Å². The van der Waals surface area contributed by atoms with E-state index in [9.17, 15) is 84.6 Å². The smallest absolute Gasteiger partial charge is 0.330 e. The normalized spacial score (nSPS) is 27.3. The van der Waals surface area contributed by atoms with Crippen LogP contribution in [0.25, 0.3) is 0 Å². The topological polar surface area (TPSA) is 514 Å². The lowest BCUT2D eigenvalue weighted by atomic mass is 10.1. The summed E-state index contributed by atoms with van der Waals surface area (Å²) >= 11 is 10.5. The third-order valence-corrected chi connectivity index (χ3v) is 29.6. The van der Waals surface area contributed by atoms with Crippen molar-refractivity contribution in [2.45, 2.75) is 234 Å². The number of carbonyl (C=O) groups is 1. The summed E-state index contributed by atoms with van der Waals surface area (Å²) in [6, 6.07) is 0. The SMILES string of the molecule is C=CC1=CN([C@@H]2O[C@H](CCP(=C)(C)C)[C@@H](O)C2O)C(=C)NC1=O.C=P(C)(C)CC[C@H]1O[C@@H](n2cc(CNCCC)c(=O)[nH]c2=O)C(O)[C@@H]1O.C=P(C)(C)CC[C@H]1O[C@@H](n2cc(CNCCC)c(=O)[nH]c2=O)C(O)[C@@H]1O.C=P(C)(C)CC[C@H]1O[C@@H](n2cc(CNCCC)c(=O)[nH]c2=S)C(O)[C@@H]1O.C=P(C)(C)CC[C@H]1O[C@@H](n2cc(CNCCC)c(=O)[nH]c2=S)C(O)[C@@H]1O. The number of aromatic amines is 4. The molecule has 43 heteroatoms. The number of nitrogens with one attached hydrogen (secondary N) is 9. The monoisotopic (exact) mass is 1920 g/mol. The maximum atomic E-state index is 12.2. The van der Waals surface area contributed by atoms with Crippen LogP contribution in [0.4, 0.5) is 0 Å². The standard InChI is InChI=1S/2C17H30N3O5P.2C17H30N3O4PS.C16H25N2O4P/c2*1-5-7-18-9-11-10-20(17(24)19-15(11)23)16-14(22)13(21)12(25-16)6-8-26(2,3)4;2*1-5-7-18-9-11-10-20(17(26)19-15(11)23)16-14(22)13(21)12(24-16)6-8-25(2,3)4;1-6-11-9-18(10(2)17-15(11)21)16-14(20)13(19)12(22-16)7-8-23(3,4)5/h2*10,12-14,16,18,21-22H,2,5-9H2,1,3-4H3,(H,19,23,24);2*10,12-14,16,18,21-22H,2,5-9H2,1,3-4H3,(H,19,23,26);6,9,12-14,16,19-20H,1-3,7-8H2,4-5H3,(H,17,21)/t5*12-,13-,14?,16-/m11111/s1. The van der Waals surface area contributed by atoms with E-state index in [0.717, 1.165) is 91.8 Å². The molecule has 6 aliphatic rings. The first-order valence-corrected chi connectivity index (χ1v) is 59.1. The minimum Gasteiger partial charge on any atom is -0.388 e. The molecule has 0 aliphatic carbocycles. The van der Waals surface area contributed by atoms with Crippen LogP contribution in [0.2, 0.25) is 0 Å². The van der Waals surface area contributed by atoms with Crippen molar-refractivity contribution in [3.05, 3.63) is 156 Å². The summed E-state index contributed by atoms with van der Waals surface area (Å²) < 4.78 is 34.9. The van der Waals surface area contributed by atoms with E-state index < -0.39 is 180 Å². The first-order valence-electron chi connectivity index (χ1n) is 43.0. The number of aromatic nitrogens is 8. The van der Waals surface area contributed by atoms with E-state index in [1.165, 1.54) is 38.7 Å². The third kappa shape index (κ3) is 33.1. The van der Waals surface area contributed by atoms with Crippen molar-refractivity contribution in [1.29, 1.82) is 0 Å². The maximum Gasteiger partial charge on any atom is 0.330 e. The lowest BCUT2D eigenvalue weighted by molar-refractivity contribution is -0.119. The molecule has 20 atom stereocenters. The quantitative estimate of drug-likeness (QED) is 0.0175. The predicted octanol–water partition coefficient (Wildman–Crippen LogP) is 2.26. The van der Waals surface area contributed by atoms with Crippen molar-refractivity contribution < 1.29 is 79.5 Å². The maximum absolute atomic E-state index is 12.2. The van der Waals surface area contributed by atoms with Gasteiger partial charge >= 0.3 is 11.4 Å². The Morgan fingerprint density at radius 1 is 0.378 bits per heavy atom. The Morgan fingerprint density at radius 2 is 0.606 bits per heavy atom. The lowest BCUT2D eigenvalue weighted by Gasteiger charge is -2.34. The summed E-state index contributed by atoms with van der Waals surface area (Å²) in [6.07, 6.45) is 22.6. The number of carbonyl (C=O) groups excluding carboxylic acids is 1. The van der Waals surface area contributed by atoms with Crippen LogP contribution in [-0.4, -0.2) is 353 Å². The molecule has 1 amide bonds. The van der Waals surface area contributed by atoms with Gasteiger partial charge in [0.2, 0.25) is 0 Å². The highest BCUT2D eigenvalue weighted by molar-refractivity contribution is 7.73. The molecule has 10 rings (SSSR count). The van der Waals surface area contributed by atoms with E-state index in [2.05, 4.69) is 158 Å². The largest absolute Gasteiger partial charge is 0.388 e. The van der Waals surface area contributed by atoms with Gasteiger partial charge < -0.3 is 106 Å². The highest BCUT2D eigenvalue weighted by Gasteiger charge is 2.50. The Morgan fingerprint density at radius 3 is 0.850 bits per heavy atom. The van der Waals surface area contributed by atoms with E-state index in [0.29, 0.717) is 91.9 Å². The number of aliphatic hydroxyl groups excluding tert-OH is 10. The van der Waals surface area contributed by atoms with Crippen molar-refractivity contribution in [2.24, 2.45) is 0 Å². The van der Waals surface area contributed by atoms with E-state index in [4.69, 9.17) is 48.1 Å². The molecule has 0 saturated carbocycles. The van der Waals surface area contributed by atoms with Gasteiger partial charge in [-0.25, -0.2) is 9.59 Å². The summed E-state index contributed by atoms with van der Waals surface area (Å²) in [5, 5.41) is 119. The summed E-state index contributed by atoms with van der Waals surface area (Å²) in [6.45, 7) is 34.7. The molecule has 720 valence electrons. The number of hydrogen-bond donors (Lipinski definition) is 19. The second-order valence-corrected chi connectivity index (χ2v) is 58.9. The fourth-order valence-electron chi connectivity index (χ4n) is 14.3. The summed E-state index contributed by atoms with van der Waals surface area (Å²) in [5.41, 5.74) is -0.704. The molecule has 5 unspecified atom stereocenters. The molecule has 4 aromatic rings. The number of amides is 1. The number of rotatable bonds is 37. The van der Waals surface area contributed by atoms with E-state index in [-0.39, 0.29) is 26.6 Å². The van der Waals surface area contributed by atoms with Gasteiger partial charge in [0.1, 0.15) is 66.9 Å². The summed E-state index contributed by atoms with van der Waals surface area (Å²) in [7, 11) is 0. The van der Waals surface area contributed by atoms with Crippen LogP contribution in [0.3, 0.4) is 0 Å². The second-order valence-electron chi connectivity index (χ2n) is 36.6. The molecule has 0 aromatic carbocycles. The van der Waals surface area contributed by atoms with Crippen molar-refractivity contribution in [1.82, 2.24) is 69.7 Å². The predicted molar refractivity (Wildman–Crippen MR) is 521 cm³/mol. The van der Waals surface area contributed by atoms with Crippen LogP contribution in [0, 0.1) is 9.54 Å². The zero-order valence-corrected chi connectivity index (χ0v) is 82.3. The molecule has 19 N–H and O–H groups in total. The zero-order chi connectivity index (χ0) is 95.3. The fraction of sp³-hybridized carbons (Fsp3) is 0.667. The highest BCUT2D eigenvalue weighted by atomic mass is 32.1. The summed E-state index contributed by atoms with van der Waals surface area (Å²) in [5.74, 6) is -0.0167. The van der Waals surface area contributed by atoms with Gasteiger partial charge in [-0.05, 0) is 206 Å². The molecule has 127 heavy (non-hydrogen) atoms. The Hall–Kier alpha value is -5.21. The van der Waals surface area contributed by atoms with Gasteiger partial charge in [-0.1, -0.05) is 46.9 Å².